The number of rotatable bonds is 3. The number of carbonyl (C=O) groups is 1. The van der Waals surface area contributed by atoms with Crippen LogP contribution in [-0.2, 0) is 11.2 Å². The minimum atomic E-state index is 0. The number of amides is 1. The van der Waals surface area contributed by atoms with Crippen LogP contribution in [0.3, 0.4) is 0 Å². The highest BCUT2D eigenvalue weighted by Crippen LogP contribution is 2.42. The molecule has 1 aromatic carbocycles. The molecule has 26 heavy (non-hydrogen) atoms. The van der Waals surface area contributed by atoms with Crippen molar-refractivity contribution in [1.29, 1.82) is 0 Å². The number of halogens is 1. The SMILES string of the molecule is Cl.NC1C2CCCC1CC(C(=O)N1CCC(Cc3ccccc3)CC1)C2. The molecule has 3 nitrogen and oxygen atoms in total. The Labute approximate surface area is 164 Å². The summed E-state index contributed by atoms with van der Waals surface area (Å²) in [6, 6.07) is 11.1. The first-order valence-corrected chi connectivity index (χ1v) is 10.3. The quantitative estimate of drug-likeness (QED) is 0.865. The molecule has 4 heteroatoms. The lowest BCUT2D eigenvalue weighted by molar-refractivity contribution is -0.140. The average Bonchev–Trinajstić information content (AvgIpc) is 2.62. The van der Waals surface area contributed by atoms with Crippen LogP contribution in [0.5, 0.6) is 0 Å². The molecule has 1 heterocycles. The van der Waals surface area contributed by atoms with Gasteiger partial charge in [0.15, 0.2) is 0 Å². The number of nitrogens with zero attached hydrogens (tertiary/aromatic N) is 1. The van der Waals surface area contributed by atoms with Crippen molar-refractivity contribution in [3.63, 3.8) is 0 Å². The number of carbonyl (C=O) groups excluding carboxylic acids is 1. The van der Waals surface area contributed by atoms with Crippen molar-refractivity contribution in [3.05, 3.63) is 35.9 Å². The summed E-state index contributed by atoms with van der Waals surface area (Å²) in [5, 5.41) is 0. The molecule has 3 fully saturated rings. The minimum Gasteiger partial charge on any atom is -0.342 e. The summed E-state index contributed by atoms with van der Waals surface area (Å²) in [4.78, 5) is 15.2. The van der Waals surface area contributed by atoms with Gasteiger partial charge in [-0.1, -0.05) is 36.8 Å². The average molecular weight is 377 g/mol. The third-order valence-electron chi connectivity index (χ3n) is 7.06. The van der Waals surface area contributed by atoms with Crippen LogP contribution in [0.4, 0.5) is 0 Å². The van der Waals surface area contributed by atoms with Gasteiger partial charge in [-0.15, -0.1) is 12.4 Å². The maximum atomic E-state index is 13.0. The number of piperidine rings is 1. The number of likely N-dealkylation sites (tertiary alicyclic amines) is 1. The Bertz CT molecular complexity index is 571. The minimum absolute atomic E-state index is 0. The molecule has 0 spiro atoms. The van der Waals surface area contributed by atoms with E-state index < -0.39 is 0 Å². The number of benzene rings is 1. The zero-order valence-corrected chi connectivity index (χ0v) is 16.5. The Morgan fingerprint density at radius 3 is 2.23 bits per heavy atom. The Kier molecular flexibility index (Phi) is 6.63. The van der Waals surface area contributed by atoms with E-state index in [-0.39, 0.29) is 18.3 Å². The van der Waals surface area contributed by atoms with Crippen molar-refractivity contribution in [2.75, 3.05) is 13.1 Å². The van der Waals surface area contributed by atoms with E-state index in [2.05, 4.69) is 35.2 Å². The molecule has 1 amide bonds. The Morgan fingerprint density at radius 1 is 1.00 bits per heavy atom. The van der Waals surface area contributed by atoms with E-state index in [1.807, 2.05) is 0 Å². The Hall–Kier alpha value is -1.06. The highest BCUT2D eigenvalue weighted by atomic mass is 35.5. The number of hydrogen-bond acceptors (Lipinski definition) is 2. The molecule has 0 aromatic heterocycles. The van der Waals surface area contributed by atoms with E-state index in [1.165, 1.54) is 24.8 Å². The van der Waals surface area contributed by atoms with Crippen LogP contribution in [0.25, 0.3) is 0 Å². The maximum Gasteiger partial charge on any atom is 0.225 e. The summed E-state index contributed by atoms with van der Waals surface area (Å²) in [6.45, 7) is 1.91. The number of hydrogen-bond donors (Lipinski definition) is 1. The smallest absolute Gasteiger partial charge is 0.225 e. The van der Waals surface area contributed by atoms with Gasteiger partial charge in [-0.05, 0) is 68.3 Å². The fourth-order valence-corrected chi connectivity index (χ4v) is 5.55. The van der Waals surface area contributed by atoms with Crippen LogP contribution in [0.1, 0.15) is 50.5 Å². The molecule has 0 radical (unpaired) electrons. The van der Waals surface area contributed by atoms with E-state index in [9.17, 15) is 4.79 Å². The van der Waals surface area contributed by atoms with Crippen molar-refractivity contribution in [2.24, 2.45) is 29.4 Å². The highest BCUT2D eigenvalue weighted by Gasteiger charge is 2.41. The summed E-state index contributed by atoms with van der Waals surface area (Å²) in [6.07, 6.45) is 9.33. The summed E-state index contributed by atoms with van der Waals surface area (Å²) in [5.74, 6) is 2.60. The van der Waals surface area contributed by atoms with Crippen molar-refractivity contribution < 1.29 is 4.79 Å². The monoisotopic (exact) mass is 376 g/mol. The topological polar surface area (TPSA) is 46.3 Å². The van der Waals surface area contributed by atoms with Crippen molar-refractivity contribution in [3.8, 4) is 0 Å². The van der Waals surface area contributed by atoms with Gasteiger partial charge in [0.25, 0.3) is 0 Å². The van der Waals surface area contributed by atoms with Gasteiger partial charge in [0.2, 0.25) is 5.91 Å². The summed E-state index contributed by atoms with van der Waals surface area (Å²) < 4.78 is 0. The first kappa shape index (κ1) is 19.7. The molecule has 144 valence electrons. The Balaban J connectivity index is 0.00000196. The fraction of sp³-hybridized carbons (Fsp3) is 0.682. The van der Waals surface area contributed by atoms with Gasteiger partial charge in [-0.2, -0.15) is 0 Å². The standard InChI is InChI=1S/C22H32N2O.ClH/c23-21-18-7-4-8-19(21)15-20(14-18)22(25)24-11-9-17(10-12-24)13-16-5-2-1-3-6-16;/h1-3,5-6,17-21H,4,7-15,23H2;1H. The second-order valence-corrected chi connectivity index (χ2v) is 8.66. The predicted molar refractivity (Wildman–Crippen MR) is 108 cm³/mol. The Morgan fingerprint density at radius 2 is 1.62 bits per heavy atom. The predicted octanol–water partition coefficient (Wildman–Crippen LogP) is 4.04. The third-order valence-corrected chi connectivity index (χ3v) is 7.06. The number of nitrogens with two attached hydrogens (primary N) is 1. The molecule has 1 saturated heterocycles. The van der Waals surface area contributed by atoms with Crippen LogP contribution in [0.15, 0.2) is 30.3 Å². The van der Waals surface area contributed by atoms with E-state index in [0.717, 1.165) is 51.1 Å². The molecule has 2 aliphatic carbocycles. The number of fused-ring (bicyclic) bond motifs is 2. The molecular formula is C22H33ClN2O. The third kappa shape index (κ3) is 4.26. The molecule has 3 aliphatic rings. The molecule has 2 unspecified atom stereocenters. The molecule has 2 saturated carbocycles. The fourth-order valence-electron chi connectivity index (χ4n) is 5.55. The van der Waals surface area contributed by atoms with Crippen LogP contribution >= 0.6 is 12.4 Å². The largest absolute Gasteiger partial charge is 0.342 e. The lowest BCUT2D eigenvalue weighted by Crippen LogP contribution is -2.50. The van der Waals surface area contributed by atoms with Crippen molar-refractivity contribution >= 4 is 18.3 Å². The second-order valence-electron chi connectivity index (χ2n) is 8.66. The van der Waals surface area contributed by atoms with Gasteiger partial charge in [0.05, 0.1) is 0 Å². The molecule has 1 aromatic rings. The van der Waals surface area contributed by atoms with E-state index in [4.69, 9.17) is 5.73 Å². The molecule has 2 N–H and O–H groups in total. The maximum absolute atomic E-state index is 13.0. The zero-order chi connectivity index (χ0) is 17.2. The van der Waals surface area contributed by atoms with Crippen LogP contribution in [0, 0.1) is 23.7 Å². The van der Waals surface area contributed by atoms with Crippen molar-refractivity contribution in [1.82, 2.24) is 4.90 Å². The first-order valence-electron chi connectivity index (χ1n) is 10.3. The summed E-state index contributed by atoms with van der Waals surface area (Å²) in [7, 11) is 0. The summed E-state index contributed by atoms with van der Waals surface area (Å²) >= 11 is 0. The molecule has 1 aliphatic heterocycles. The molecule has 2 bridgehead atoms. The lowest BCUT2D eigenvalue weighted by atomic mass is 9.65. The van der Waals surface area contributed by atoms with Gasteiger partial charge in [-0.3, -0.25) is 4.79 Å². The van der Waals surface area contributed by atoms with Gasteiger partial charge >= 0.3 is 0 Å². The van der Waals surface area contributed by atoms with Crippen LogP contribution < -0.4 is 5.73 Å². The molecular weight excluding hydrogens is 344 g/mol. The normalized spacial score (nSPS) is 32.0. The highest BCUT2D eigenvalue weighted by molar-refractivity contribution is 5.85. The van der Waals surface area contributed by atoms with Gasteiger partial charge < -0.3 is 10.6 Å². The molecule has 2 atom stereocenters. The van der Waals surface area contributed by atoms with Gasteiger partial charge in [0, 0.05) is 25.0 Å². The van der Waals surface area contributed by atoms with Crippen molar-refractivity contribution in [2.45, 2.75) is 57.4 Å². The van der Waals surface area contributed by atoms with Gasteiger partial charge in [-0.25, -0.2) is 0 Å². The van der Waals surface area contributed by atoms with E-state index in [1.54, 1.807) is 0 Å². The lowest BCUT2D eigenvalue weighted by Gasteiger charge is -2.45. The van der Waals surface area contributed by atoms with E-state index in [0.29, 0.717) is 23.8 Å². The van der Waals surface area contributed by atoms with Crippen LogP contribution in [0.2, 0.25) is 0 Å². The molecule has 4 rings (SSSR count). The van der Waals surface area contributed by atoms with Crippen LogP contribution in [-0.4, -0.2) is 29.9 Å². The second kappa shape index (κ2) is 8.75. The first-order chi connectivity index (χ1) is 12.2. The van der Waals surface area contributed by atoms with Gasteiger partial charge in [0.1, 0.15) is 0 Å². The van der Waals surface area contributed by atoms with E-state index >= 15 is 0 Å². The zero-order valence-electron chi connectivity index (χ0n) is 15.7. The summed E-state index contributed by atoms with van der Waals surface area (Å²) in [5.41, 5.74) is 7.82.